The number of hydrogen-bond donors (Lipinski definition) is 2. The second-order valence-corrected chi connectivity index (χ2v) is 7.32. The van der Waals surface area contributed by atoms with Crippen LogP contribution in [0, 0.1) is 11.7 Å². The zero-order chi connectivity index (χ0) is 17.3. The minimum absolute atomic E-state index is 0.00396. The van der Waals surface area contributed by atoms with Crippen molar-refractivity contribution in [1.29, 1.82) is 0 Å². The molecule has 6 heteroatoms. The van der Waals surface area contributed by atoms with Crippen molar-refractivity contribution in [1.82, 2.24) is 10.6 Å². The number of carbonyl (C=O) groups excluding carboxylic acids is 2. The first kappa shape index (κ1) is 17.2. The number of nitrogens with one attached hydrogen (secondary N) is 2. The molecule has 2 aliphatic rings. The summed E-state index contributed by atoms with van der Waals surface area (Å²) in [7, 11) is 0. The highest BCUT2D eigenvalue weighted by atomic mass is 35.5. The van der Waals surface area contributed by atoms with E-state index in [1.165, 1.54) is 19.4 Å². The smallest absolute Gasteiger partial charge is 0.242 e. The van der Waals surface area contributed by atoms with E-state index in [1.807, 2.05) is 0 Å². The summed E-state index contributed by atoms with van der Waals surface area (Å²) in [4.78, 5) is 23.8. The van der Waals surface area contributed by atoms with E-state index in [0.717, 1.165) is 24.8 Å². The van der Waals surface area contributed by atoms with Crippen LogP contribution in [0.5, 0.6) is 0 Å². The van der Waals surface area contributed by atoms with Crippen LogP contribution in [0.3, 0.4) is 0 Å². The maximum atomic E-state index is 13.6. The van der Waals surface area contributed by atoms with Crippen LogP contribution >= 0.6 is 11.6 Å². The standard InChI is InChI=1S/C18H22ClFN2O2/c1-10(23)21-17(7-11-3-2-4-11)18(24)22-16-9-13(16)12-5-6-14(19)15(20)8-12/h5-6,8,11,13,16-17H,2-4,7,9H2,1H3,(H,21,23)(H,22,24)/t13-,16+,17+/m0/s1. The van der Waals surface area contributed by atoms with Gasteiger partial charge in [-0.05, 0) is 36.5 Å². The largest absolute Gasteiger partial charge is 0.351 e. The molecule has 0 unspecified atom stereocenters. The predicted molar refractivity (Wildman–Crippen MR) is 90.3 cm³/mol. The lowest BCUT2D eigenvalue weighted by Gasteiger charge is -2.29. The Labute approximate surface area is 146 Å². The van der Waals surface area contributed by atoms with E-state index in [-0.39, 0.29) is 28.8 Å². The van der Waals surface area contributed by atoms with E-state index in [0.29, 0.717) is 12.3 Å². The lowest BCUT2D eigenvalue weighted by Crippen LogP contribution is -2.48. The van der Waals surface area contributed by atoms with Crippen molar-refractivity contribution in [2.45, 2.75) is 57.0 Å². The van der Waals surface area contributed by atoms with Gasteiger partial charge in [0.25, 0.3) is 0 Å². The van der Waals surface area contributed by atoms with Crippen LogP contribution in [-0.2, 0) is 9.59 Å². The molecule has 0 saturated heterocycles. The van der Waals surface area contributed by atoms with E-state index >= 15 is 0 Å². The molecular weight excluding hydrogens is 331 g/mol. The average Bonchev–Trinajstić information content (AvgIpc) is 3.23. The van der Waals surface area contributed by atoms with E-state index in [9.17, 15) is 14.0 Å². The summed E-state index contributed by atoms with van der Waals surface area (Å²) < 4.78 is 13.6. The highest BCUT2D eigenvalue weighted by Gasteiger charge is 2.41. The van der Waals surface area contributed by atoms with Crippen molar-refractivity contribution in [2.24, 2.45) is 5.92 Å². The third-order valence-electron chi connectivity index (χ3n) is 4.98. The Hall–Kier alpha value is -1.62. The van der Waals surface area contributed by atoms with Gasteiger partial charge in [0, 0.05) is 18.9 Å². The minimum Gasteiger partial charge on any atom is -0.351 e. The van der Waals surface area contributed by atoms with Gasteiger partial charge in [0.15, 0.2) is 0 Å². The highest BCUT2D eigenvalue weighted by molar-refractivity contribution is 6.30. The van der Waals surface area contributed by atoms with Crippen LogP contribution in [0.15, 0.2) is 18.2 Å². The lowest BCUT2D eigenvalue weighted by atomic mass is 9.80. The van der Waals surface area contributed by atoms with Crippen LogP contribution in [0.1, 0.15) is 50.5 Å². The van der Waals surface area contributed by atoms with Crippen molar-refractivity contribution in [3.8, 4) is 0 Å². The molecule has 24 heavy (non-hydrogen) atoms. The molecule has 1 aromatic rings. The van der Waals surface area contributed by atoms with Gasteiger partial charge in [-0.25, -0.2) is 4.39 Å². The van der Waals surface area contributed by atoms with Crippen LogP contribution < -0.4 is 10.6 Å². The van der Waals surface area contributed by atoms with Crippen LogP contribution in [0.4, 0.5) is 4.39 Å². The maximum absolute atomic E-state index is 13.6. The summed E-state index contributed by atoms with van der Waals surface area (Å²) in [5, 5.41) is 5.84. The molecule has 4 nitrogen and oxygen atoms in total. The summed E-state index contributed by atoms with van der Waals surface area (Å²) in [6, 6.07) is 4.28. The quantitative estimate of drug-likeness (QED) is 0.826. The van der Waals surface area contributed by atoms with Crippen molar-refractivity contribution >= 4 is 23.4 Å². The van der Waals surface area contributed by atoms with E-state index in [2.05, 4.69) is 10.6 Å². The first-order chi connectivity index (χ1) is 11.4. The molecule has 0 radical (unpaired) electrons. The molecule has 2 saturated carbocycles. The van der Waals surface area contributed by atoms with E-state index < -0.39 is 11.9 Å². The third-order valence-corrected chi connectivity index (χ3v) is 5.28. The predicted octanol–water partition coefficient (Wildman–Crippen LogP) is 3.15. The molecule has 3 rings (SSSR count). The fourth-order valence-electron chi connectivity index (χ4n) is 3.29. The lowest BCUT2D eigenvalue weighted by molar-refractivity contribution is -0.128. The molecule has 2 N–H and O–H groups in total. The summed E-state index contributed by atoms with van der Waals surface area (Å²) in [5.41, 5.74) is 0.845. The number of amides is 2. The molecule has 130 valence electrons. The second kappa shape index (κ2) is 7.09. The Morgan fingerprint density at radius 3 is 2.71 bits per heavy atom. The molecule has 0 spiro atoms. The van der Waals surface area contributed by atoms with Gasteiger partial charge < -0.3 is 10.6 Å². The van der Waals surface area contributed by atoms with Crippen molar-refractivity contribution in [2.75, 3.05) is 0 Å². The van der Waals surface area contributed by atoms with Crippen LogP contribution in [0.25, 0.3) is 0 Å². The van der Waals surface area contributed by atoms with Gasteiger partial charge in [-0.1, -0.05) is 36.9 Å². The molecule has 0 aliphatic heterocycles. The number of halogens is 2. The Morgan fingerprint density at radius 2 is 2.12 bits per heavy atom. The van der Waals surface area contributed by atoms with E-state index in [4.69, 9.17) is 11.6 Å². The molecule has 0 aromatic heterocycles. The van der Waals surface area contributed by atoms with Gasteiger partial charge >= 0.3 is 0 Å². The van der Waals surface area contributed by atoms with Crippen molar-refractivity contribution in [3.63, 3.8) is 0 Å². The Balaban J connectivity index is 1.56. The third kappa shape index (κ3) is 4.07. The monoisotopic (exact) mass is 352 g/mol. The fourth-order valence-corrected chi connectivity index (χ4v) is 3.41. The molecule has 3 atom stereocenters. The molecule has 2 aliphatic carbocycles. The first-order valence-electron chi connectivity index (χ1n) is 8.46. The normalized spacial score (nSPS) is 24.0. The molecule has 0 heterocycles. The van der Waals surface area contributed by atoms with Crippen LogP contribution in [0.2, 0.25) is 5.02 Å². The summed E-state index contributed by atoms with van der Waals surface area (Å²) in [5.74, 6) is -0.136. The number of rotatable bonds is 6. The Morgan fingerprint density at radius 1 is 1.38 bits per heavy atom. The summed E-state index contributed by atoms with van der Waals surface area (Å²) >= 11 is 5.70. The van der Waals surface area contributed by atoms with Gasteiger partial charge in [-0.3, -0.25) is 9.59 Å². The Bertz CT molecular complexity index is 648. The zero-order valence-electron chi connectivity index (χ0n) is 13.6. The first-order valence-corrected chi connectivity index (χ1v) is 8.84. The van der Waals surface area contributed by atoms with Gasteiger partial charge in [0.2, 0.25) is 11.8 Å². The molecule has 1 aromatic carbocycles. The Kier molecular flexibility index (Phi) is 5.09. The zero-order valence-corrected chi connectivity index (χ0v) is 14.4. The maximum Gasteiger partial charge on any atom is 0.242 e. The number of hydrogen-bond acceptors (Lipinski definition) is 2. The molecule has 2 fully saturated rings. The SMILES string of the molecule is CC(=O)N[C@H](CC1CCC1)C(=O)N[C@@H]1C[C@H]1c1ccc(Cl)c(F)c1. The molecular formula is C18H22ClFN2O2. The van der Waals surface area contributed by atoms with E-state index in [1.54, 1.807) is 12.1 Å². The van der Waals surface area contributed by atoms with Crippen molar-refractivity contribution < 1.29 is 14.0 Å². The highest BCUT2D eigenvalue weighted by Crippen LogP contribution is 2.41. The van der Waals surface area contributed by atoms with Crippen molar-refractivity contribution in [3.05, 3.63) is 34.6 Å². The number of benzene rings is 1. The molecule has 0 bridgehead atoms. The molecule has 2 amide bonds. The number of carbonyl (C=O) groups is 2. The van der Waals surface area contributed by atoms with Crippen LogP contribution in [-0.4, -0.2) is 23.9 Å². The van der Waals surface area contributed by atoms with Gasteiger partial charge in [0.05, 0.1) is 5.02 Å². The minimum atomic E-state index is -0.476. The average molecular weight is 353 g/mol. The van der Waals surface area contributed by atoms with Gasteiger partial charge in [-0.15, -0.1) is 0 Å². The van der Waals surface area contributed by atoms with Gasteiger partial charge in [0.1, 0.15) is 11.9 Å². The summed E-state index contributed by atoms with van der Waals surface area (Å²) in [6.45, 7) is 1.43. The van der Waals surface area contributed by atoms with Gasteiger partial charge in [-0.2, -0.15) is 0 Å². The topological polar surface area (TPSA) is 58.2 Å². The summed E-state index contributed by atoms with van der Waals surface area (Å²) in [6.07, 6.45) is 4.92. The fraction of sp³-hybridized carbons (Fsp3) is 0.556. The second-order valence-electron chi connectivity index (χ2n) is 6.92.